The Bertz CT molecular complexity index is 435. The molecule has 1 rings (SSSR count). The standard InChI is InChI=1S/C12H18N4O4/c1-3-7-15-10(18)11(19)16(12(15)20)8-9(17)14-6-5-13-4-2/h3,13H,1,4-8H2,2H3,(H,14,17). The Balaban J connectivity index is 2.52. The molecule has 8 nitrogen and oxygen atoms in total. The summed E-state index contributed by atoms with van der Waals surface area (Å²) in [6, 6.07) is -0.790. The van der Waals surface area contributed by atoms with Gasteiger partial charge in [0.2, 0.25) is 5.91 Å². The van der Waals surface area contributed by atoms with E-state index in [2.05, 4.69) is 17.2 Å². The Morgan fingerprint density at radius 1 is 1.20 bits per heavy atom. The van der Waals surface area contributed by atoms with Crippen molar-refractivity contribution in [2.24, 2.45) is 0 Å². The predicted molar refractivity (Wildman–Crippen MR) is 70.6 cm³/mol. The van der Waals surface area contributed by atoms with E-state index in [0.717, 1.165) is 11.4 Å². The van der Waals surface area contributed by atoms with Crippen molar-refractivity contribution in [1.29, 1.82) is 0 Å². The van der Waals surface area contributed by atoms with Gasteiger partial charge in [-0.15, -0.1) is 6.58 Å². The van der Waals surface area contributed by atoms with Crippen LogP contribution in [-0.2, 0) is 14.4 Å². The Labute approximate surface area is 116 Å². The first-order valence-corrected chi connectivity index (χ1v) is 6.28. The number of nitrogens with zero attached hydrogens (tertiary/aromatic N) is 2. The van der Waals surface area contributed by atoms with E-state index in [9.17, 15) is 19.2 Å². The van der Waals surface area contributed by atoms with Gasteiger partial charge >= 0.3 is 17.8 Å². The van der Waals surface area contributed by atoms with E-state index in [1.165, 1.54) is 6.08 Å². The van der Waals surface area contributed by atoms with Gasteiger partial charge in [-0.25, -0.2) is 9.69 Å². The summed E-state index contributed by atoms with van der Waals surface area (Å²) in [5.41, 5.74) is 0. The minimum atomic E-state index is -0.987. The predicted octanol–water partition coefficient (Wildman–Crippen LogP) is -1.31. The molecule has 110 valence electrons. The molecule has 0 aromatic carbocycles. The molecule has 0 unspecified atom stereocenters. The maximum atomic E-state index is 11.8. The SMILES string of the molecule is C=CCN1C(=O)C(=O)N(CC(=O)NCCNCC)C1=O. The minimum Gasteiger partial charge on any atom is -0.353 e. The monoisotopic (exact) mass is 282 g/mol. The van der Waals surface area contributed by atoms with Crippen LogP contribution in [0.25, 0.3) is 0 Å². The molecule has 0 radical (unpaired) electrons. The summed E-state index contributed by atoms with van der Waals surface area (Å²) < 4.78 is 0. The van der Waals surface area contributed by atoms with Crippen molar-refractivity contribution in [2.75, 3.05) is 32.7 Å². The molecule has 0 spiro atoms. The lowest BCUT2D eigenvalue weighted by Crippen LogP contribution is -2.43. The molecule has 0 aromatic rings. The molecule has 0 aromatic heterocycles. The molecule has 1 heterocycles. The summed E-state index contributed by atoms with van der Waals surface area (Å²) in [6.45, 7) is 6.58. The number of likely N-dealkylation sites (N-methyl/N-ethyl adjacent to an activating group) is 1. The van der Waals surface area contributed by atoms with Crippen molar-refractivity contribution in [3.8, 4) is 0 Å². The smallest absolute Gasteiger partial charge is 0.335 e. The fourth-order valence-electron chi connectivity index (χ4n) is 1.65. The lowest BCUT2D eigenvalue weighted by atomic mass is 10.4. The average molecular weight is 282 g/mol. The molecule has 8 heteroatoms. The summed E-state index contributed by atoms with van der Waals surface area (Å²) in [5.74, 6) is -2.41. The van der Waals surface area contributed by atoms with Gasteiger partial charge in [0.05, 0.1) is 0 Å². The first-order chi connectivity index (χ1) is 9.52. The second-order valence-electron chi connectivity index (χ2n) is 4.08. The van der Waals surface area contributed by atoms with Gasteiger partial charge in [0, 0.05) is 19.6 Å². The highest BCUT2D eigenvalue weighted by atomic mass is 16.2. The van der Waals surface area contributed by atoms with E-state index in [1.807, 2.05) is 6.92 Å². The number of rotatable bonds is 8. The maximum absolute atomic E-state index is 11.8. The molecule has 1 aliphatic heterocycles. The zero-order chi connectivity index (χ0) is 15.1. The lowest BCUT2D eigenvalue weighted by Gasteiger charge is -2.14. The zero-order valence-electron chi connectivity index (χ0n) is 11.3. The van der Waals surface area contributed by atoms with E-state index < -0.39 is 30.3 Å². The summed E-state index contributed by atoms with van der Waals surface area (Å²) in [5, 5.41) is 5.56. The van der Waals surface area contributed by atoms with Crippen molar-refractivity contribution >= 4 is 23.8 Å². The summed E-state index contributed by atoms with van der Waals surface area (Å²) >= 11 is 0. The molecule has 2 N–H and O–H groups in total. The van der Waals surface area contributed by atoms with Crippen molar-refractivity contribution in [3.05, 3.63) is 12.7 Å². The Kier molecular flexibility index (Phi) is 5.85. The first kappa shape index (κ1) is 15.8. The van der Waals surface area contributed by atoms with E-state index >= 15 is 0 Å². The largest absolute Gasteiger partial charge is 0.353 e. The van der Waals surface area contributed by atoms with Crippen molar-refractivity contribution in [3.63, 3.8) is 0 Å². The van der Waals surface area contributed by atoms with Crippen molar-refractivity contribution in [2.45, 2.75) is 6.92 Å². The van der Waals surface area contributed by atoms with Gasteiger partial charge in [-0.3, -0.25) is 19.3 Å². The number of urea groups is 1. The van der Waals surface area contributed by atoms with Gasteiger partial charge in [0.25, 0.3) is 0 Å². The van der Waals surface area contributed by atoms with E-state index in [0.29, 0.717) is 18.0 Å². The zero-order valence-corrected chi connectivity index (χ0v) is 11.3. The molecular formula is C12H18N4O4. The normalized spacial score (nSPS) is 14.9. The van der Waals surface area contributed by atoms with Crippen LogP contribution < -0.4 is 10.6 Å². The molecule has 0 saturated carbocycles. The Morgan fingerprint density at radius 3 is 2.45 bits per heavy atom. The molecule has 5 amide bonds. The molecule has 1 fully saturated rings. The number of carbonyl (C=O) groups is 4. The second-order valence-corrected chi connectivity index (χ2v) is 4.08. The van der Waals surface area contributed by atoms with Gasteiger partial charge < -0.3 is 10.6 Å². The van der Waals surface area contributed by atoms with Crippen LogP contribution in [-0.4, -0.2) is 66.3 Å². The van der Waals surface area contributed by atoms with Gasteiger partial charge in [-0.2, -0.15) is 0 Å². The van der Waals surface area contributed by atoms with Crippen LogP contribution in [0.2, 0.25) is 0 Å². The lowest BCUT2D eigenvalue weighted by molar-refractivity contribution is -0.143. The summed E-state index contributed by atoms with van der Waals surface area (Å²) in [7, 11) is 0. The van der Waals surface area contributed by atoms with Crippen LogP contribution in [0.15, 0.2) is 12.7 Å². The molecule has 1 aliphatic rings. The van der Waals surface area contributed by atoms with Crippen LogP contribution in [0.4, 0.5) is 4.79 Å². The van der Waals surface area contributed by atoms with Gasteiger partial charge in [-0.05, 0) is 6.54 Å². The third-order valence-corrected chi connectivity index (χ3v) is 2.62. The highest BCUT2D eigenvalue weighted by Crippen LogP contribution is 2.11. The number of imide groups is 2. The number of hydrogen-bond acceptors (Lipinski definition) is 5. The van der Waals surface area contributed by atoms with Crippen molar-refractivity contribution < 1.29 is 19.2 Å². The van der Waals surface area contributed by atoms with Crippen LogP contribution in [0, 0.1) is 0 Å². The third-order valence-electron chi connectivity index (χ3n) is 2.62. The van der Waals surface area contributed by atoms with Gasteiger partial charge in [-0.1, -0.05) is 13.0 Å². The molecule has 0 aliphatic carbocycles. The molecule has 0 bridgehead atoms. The molecule has 0 atom stereocenters. The van der Waals surface area contributed by atoms with Crippen LogP contribution in [0.3, 0.4) is 0 Å². The fraction of sp³-hybridized carbons (Fsp3) is 0.500. The van der Waals surface area contributed by atoms with Gasteiger partial charge in [0.15, 0.2) is 0 Å². The topological polar surface area (TPSA) is 98.8 Å². The van der Waals surface area contributed by atoms with E-state index in [4.69, 9.17) is 0 Å². The minimum absolute atomic E-state index is 0.0536. The Hall–Kier alpha value is -2.22. The highest BCUT2D eigenvalue weighted by Gasteiger charge is 2.44. The quantitative estimate of drug-likeness (QED) is 0.249. The Morgan fingerprint density at radius 2 is 1.85 bits per heavy atom. The highest BCUT2D eigenvalue weighted by molar-refractivity contribution is 6.45. The third kappa shape index (κ3) is 3.64. The van der Waals surface area contributed by atoms with Crippen LogP contribution >= 0.6 is 0 Å². The summed E-state index contributed by atoms with van der Waals surface area (Å²) in [6.07, 6.45) is 1.34. The number of hydrogen-bond donors (Lipinski definition) is 2. The second kappa shape index (κ2) is 7.39. The number of nitrogens with one attached hydrogen (secondary N) is 2. The molecule has 1 saturated heterocycles. The van der Waals surface area contributed by atoms with Crippen LogP contribution in [0.5, 0.6) is 0 Å². The van der Waals surface area contributed by atoms with Gasteiger partial charge in [0.1, 0.15) is 6.54 Å². The molecular weight excluding hydrogens is 264 g/mol. The van der Waals surface area contributed by atoms with E-state index in [1.54, 1.807) is 0 Å². The first-order valence-electron chi connectivity index (χ1n) is 6.28. The average Bonchev–Trinajstić information content (AvgIpc) is 2.62. The van der Waals surface area contributed by atoms with Crippen molar-refractivity contribution in [1.82, 2.24) is 20.4 Å². The molecule has 20 heavy (non-hydrogen) atoms. The number of amides is 5. The number of carbonyl (C=O) groups excluding carboxylic acids is 4. The maximum Gasteiger partial charge on any atom is 0.335 e. The van der Waals surface area contributed by atoms with Crippen LogP contribution in [0.1, 0.15) is 6.92 Å². The van der Waals surface area contributed by atoms with E-state index in [-0.39, 0.29) is 6.54 Å². The summed E-state index contributed by atoms with van der Waals surface area (Å²) in [4.78, 5) is 47.9. The fourth-order valence-corrected chi connectivity index (χ4v) is 1.65.